The van der Waals surface area contributed by atoms with Crippen LogP contribution in [0.15, 0.2) is 52.2 Å². The van der Waals surface area contributed by atoms with Crippen molar-refractivity contribution in [2.75, 3.05) is 7.11 Å². The van der Waals surface area contributed by atoms with Gasteiger partial charge in [-0.25, -0.2) is 0 Å². The Morgan fingerprint density at radius 2 is 2.00 bits per heavy atom. The number of carbonyl (C=O) groups excluding carboxylic acids is 1. The van der Waals surface area contributed by atoms with Crippen molar-refractivity contribution in [3.63, 3.8) is 0 Å². The maximum atomic E-state index is 13.4. The van der Waals surface area contributed by atoms with Crippen molar-refractivity contribution in [2.45, 2.75) is 18.3 Å². The molecule has 1 amide bonds. The number of ether oxygens (including phenoxy) is 1. The van der Waals surface area contributed by atoms with Crippen LogP contribution < -0.4 is 4.74 Å². The van der Waals surface area contributed by atoms with E-state index in [-0.39, 0.29) is 16.5 Å². The van der Waals surface area contributed by atoms with E-state index < -0.39 is 24.2 Å². The van der Waals surface area contributed by atoms with E-state index in [0.717, 1.165) is 6.26 Å². The predicted molar refractivity (Wildman–Crippen MR) is 80.0 cm³/mol. The number of hydrazone groups is 1. The lowest BCUT2D eigenvalue weighted by Gasteiger charge is -2.31. The third-order valence-corrected chi connectivity index (χ3v) is 3.79. The van der Waals surface area contributed by atoms with Crippen molar-refractivity contribution >= 4 is 11.6 Å². The van der Waals surface area contributed by atoms with Crippen LogP contribution in [0.1, 0.15) is 22.5 Å². The van der Waals surface area contributed by atoms with Crippen LogP contribution in [0.2, 0.25) is 0 Å². The molecular formula is C16H13F3N2O4. The van der Waals surface area contributed by atoms with E-state index in [1.807, 2.05) is 0 Å². The number of nitrogens with zero attached hydrogens (tertiary/aromatic N) is 2. The average molecular weight is 354 g/mol. The molecule has 1 aliphatic rings. The third kappa shape index (κ3) is 2.86. The van der Waals surface area contributed by atoms with Crippen LogP contribution in [-0.4, -0.2) is 40.7 Å². The summed E-state index contributed by atoms with van der Waals surface area (Å²) >= 11 is 0. The van der Waals surface area contributed by atoms with Crippen molar-refractivity contribution in [1.29, 1.82) is 0 Å². The first-order valence-corrected chi connectivity index (χ1v) is 7.15. The Bertz CT molecular complexity index is 800. The van der Waals surface area contributed by atoms with Crippen LogP contribution in [-0.2, 0) is 0 Å². The smallest absolute Gasteiger partial charge is 0.438 e. The van der Waals surface area contributed by atoms with Gasteiger partial charge in [0, 0.05) is 0 Å². The monoisotopic (exact) mass is 354 g/mol. The summed E-state index contributed by atoms with van der Waals surface area (Å²) in [5.74, 6) is -1.03. The van der Waals surface area contributed by atoms with Gasteiger partial charge in [0.15, 0.2) is 5.76 Å². The van der Waals surface area contributed by atoms with Crippen LogP contribution in [0.5, 0.6) is 5.75 Å². The fourth-order valence-electron chi connectivity index (χ4n) is 2.43. The third-order valence-electron chi connectivity index (χ3n) is 3.79. The molecule has 25 heavy (non-hydrogen) atoms. The van der Waals surface area contributed by atoms with Gasteiger partial charge in [-0.15, -0.1) is 0 Å². The Balaban J connectivity index is 2.01. The van der Waals surface area contributed by atoms with Gasteiger partial charge in [0.05, 0.1) is 25.5 Å². The minimum absolute atomic E-state index is 0.0192. The quantitative estimate of drug-likeness (QED) is 0.920. The zero-order valence-corrected chi connectivity index (χ0v) is 12.9. The number of methoxy groups -OCH3 is 1. The van der Waals surface area contributed by atoms with E-state index in [2.05, 4.69) is 5.10 Å². The van der Waals surface area contributed by atoms with Crippen LogP contribution in [0.4, 0.5) is 13.2 Å². The van der Waals surface area contributed by atoms with Crippen molar-refractivity contribution in [3.8, 4) is 5.75 Å². The van der Waals surface area contributed by atoms with Gasteiger partial charge < -0.3 is 14.3 Å². The summed E-state index contributed by atoms with van der Waals surface area (Å²) in [5, 5.41) is 13.9. The van der Waals surface area contributed by atoms with Gasteiger partial charge in [-0.1, -0.05) is 0 Å². The highest BCUT2D eigenvalue weighted by atomic mass is 19.4. The fourth-order valence-corrected chi connectivity index (χ4v) is 2.43. The van der Waals surface area contributed by atoms with Gasteiger partial charge in [-0.2, -0.15) is 23.3 Å². The minimum atomic E-state index is -5.10. The highest BCUT2D eigenvalue weighted by Gasteiger charge is 2.63. The summed E-state index contributed by atoms with van der Waals surface area (Å²) in [4.78, 5) is 12.3. The molecule has 0 saturated heterocycles. The number of carbonyl (C=O) groups is 1. The number of alkyl halides is 3. The summed E-state index contributed by atoms with van der Waals surface area (Å²) in [7, 11) is 1.45. The largest absolute Gasteiger partial charge is 0.497 e. The zero-order chi connectivity index (χ0) is 18.2. The van der Waals surface area contributed by atoms with E-state index in [1.165, 1.54) is 31.4 Å². The first-order chi connectivity index (χ1) is 11.8. The molecule has 1 aromatic heterocycles. The molecule has 1 aliphatic heterocycles. The molecular weight excluding hydrogens is 341 g/mol. The molecule has 1 aromatic carbocycles. The van der Waals surface area contributed by atoms with Gasteiger partial charge >= 0.3 is 12.1 Å². The Hall–Kier alpha value is -2.81. The molecule has 0 bridgehead atoms. The molecule has 0 saturated carbocycles. The number of hydrogen-bond donors (Lipinski definition) is 1. The SMILES string of the molecule is COc1ccc(C2=NN(C(=O)c3ccco3)C(O)(C(F)(F)F)C2)cc1. The molecule has 1 unspecified atom stereocenters. The van der Waals surface area contributed by atoms with Gasteiger partial charge in [-0.3, -0.25) is 4.79 Å². The van der Waals surface area contributed by atoms with E-state index in [9.17, 15) is 23.1 Å². The number of hydrogen-bond acceptors (Lipinski definition) is 5. The Kier molecular flexibility index (Phi) is 4.03. The molecule has 0 spiro atoms. The predicted octanol–water partition coefficient (Wildman–Crippen LogP) is 2.79. The number of rotatable bonds is 3. The highest BCUT2D eigenvalue weighted by molar-refractivity contribution is 6.05. The van der Waals surface area contributed by atoms with Crippen LogP contribution in [0.3, 0.4) is 0 Å². The first-order valence-electron chi connectivity index (χ1n) is 7.15. The maximum Gasteiger partial charge on any atom is 0.438 e. The van der Waals surface area contributed by atoms with Crippen molar-refractivity contribution < 1.29 is 32.2 Å². The molecule has 2 aromatic rings. The van der Waals surface area contributed by atoms with Crippen molar-refractivity contribution in [2.24, 2.45) is 5.10 Å². The van der Waals surface area contributed by atoms with E-state index in [1.54, 1.807) is 12.1 Å². The van der Waals surface area contributed by atoms with Gasteiger partial charge in [0.25, 0.3) is 5.72 Å². The van der Waals surface area contributed by atoms with E-state index in [0.29, 0.717) is 11.3 Å². The highest BCUT2D eigenvalue weighted by Crippen LogP contribution is 2.42. The minimum Gasteiger partial charge on any atom is -0.497 e. The standard InChI is InChI=1S/C16H13F3N2O4/c1-24-11-6-4-10(5-7-11)12-9-15(23,16(17,18)19)21(20-12)14(22)13-3-2-8-25-13/h2-8,23H,9H2,1H3. The van der Waals surface area contributed by atoms with Crippen LogP contribution in [0, 0.1) is 0 Å². The summed E-state index contributed by atoms with van der Waals surface area (Å²) in [5.41, 5.74) is -3.20. The second-order valence-electron chi connectivity index (χ2n) is 5.36. The van der Waals surface area contributed by atoms with Crippen LogP contribution >= 0.6 is 0 Å². The number of furan rings is 1. The molecule has 0 fully saturated rings. The van der Waals surface area contributed by atoms with Gasteiger partial charge in [-0.05, 0) is 42.0 Å². The molecule has 1 atom stereocenters. The molecule has 0 radical (unpaired) electrons. The molecule has 3 rings (SSSR count). The molecule has 6 nitrogen and oxygen atoms in total. The maximum absolute atomic E-state index is 13.4. The fraction of sp³-hybridized carbons (Fsp3) is 0.250. The van der Waals surface area contributed by atoms with E-state index >= 15 is 0 Å². The number of halogens is 3. The summed E-state index contributed by atoms with van der Waals surface area (Å²) in [6.45, 7) is 0. The Morgan fingerprint density at radius 1 is 1.32 bits per heavy atom. The number of aliphatic hydroxyl groups is 1. The average Bonchev–Trinajstić information content (AvgIpc) is 3.22. The Morgan fingerprint density at radius 3 is 2.52 bits per heavy atom. The normalized spacial score (nSPS) is 20.5. The summed E-state index contributed by atoms with van der Waals surface area (Å²) in [6, 6.07) is 8.62. The van der Waals surface area contributed by atoms with Crippen molar-refractivity contribution in [1.82, 2.24) is 5.01 Å². The molecule has 0 aliphatic carbocycles. The lowest BCUT2D eigenvalue weighted by molar-refractivity contribution is -0.297. The summed E-state index contributed by atoms with van der Waals surface area (Å²) in [6.07, 6.45) is -4.85. The molecule has 2 heterocycles. The van der Waals surface area contributed by atoms with Gasteiger partial charge in [0.1, 0.15) is 5.75 Å². The molecule has 1 N–H and O–H groups in total. The Labute approximate surface area is 140 Å². The van der Waals surface area contributed by atoms with Crippen LogP contribution in [0.25, 0.3) is 0 Å². The lowest BCUT2D eigenvalue weighted by atomic mass is 10.0. The molecule has 9 heteroatoms. The van der Waals surface area contributed by atoms with Gasteiger partial charge in [0.2, 0.25) is 0 Å². The number of amides is 1. The summed E-state index contributed by atoms with van der Waals surface area (Å²) < 4.78 is 50.1. The zero-order valence-electron chi connectivity index (χ0n) is 12.9. The van der Waals surface area contributed by atoms with E-state index in [4.69, 9.17) is 9.15 Å². The van der Waals surface area contributed by atoms with Crippen molar-refractivity contribution in [3.05, 3.63) is 54.0 Å². The molecule has 132 valence electrons. The topological polar surface area (TPSA) is 75.3 Å². The second-order valence-corrected chi connectivity index (χ2v) is 5.36. The lowest BCUT2D eigenvalue weighted by Crippen LogP contribution is -2.56. The second kappa shape index (κ2) is 5.92. The first kappa shape index (κ1) is 17.0. The number of benzene rings is 1.